The van der Waals surface area contributed by atoms with E-state index in [1.54, 1.807) is 6.92 Å². The van der Waals surface area contributed by atoms with Crippen LogP contribution in [0.3, 0.4) is 0 Å². The Morgan fingerprint density at radius 1 is 1.38 bits per heavy atom. The van der Waals surface area contributed by atoms with Gasteiger partial charge in [-0.1, -0.05) is 6.92 Å². The lowest BCUT2D eigenvalue weighted by molar-refractivity contribution is -0.105. The van der Waals surface area contributed by atoms with Gasteiger partial charge in [-0.25, -0.2) is 18.4 Å². The highest BCUT2D eigenvalue weighted by molar-refractivity contribution is 5.89. The van der Waals surface area contributed by atoms with Gasteiger partial charge in [0.2, 0.25) is 6.41 Å². The van der Waals surface area contributed by atoms with E-state index >= 15 is 0 Å². The largest absolute Gasteiger partial charge is 0.452 e. The fraction of sp³-hybridized carbons (Fsp3) is 0.200. The lowest BCUT2D eigenvalue weighted by Crippen LogP contribution is -2.33. The number of carbonyl (C=O) groups excluding carboxylic acids is 2. The molecule has 126 valence electrons. The first kappa shape index (κ1) is 17.3. The highest BCUT2D eigenvalue weighted by Crippen LogP contribution is 2.30. The van der Waals surface area contributed by atoms with Gasteiger partial charge in [-0.05, 0) is 24.6 Å². The van der Waals surface area contributed by atoms with Crippen molar-refractivity contribution >= 4 is 18.2 Å². The lowest BCUT2D eigenvalue weighted by Gasteiger charge is -2.17. The van der Waals surface area contributed by atoms with Crippen LogP contribution in [0.4, 0.5) is 19.3 Å². The number of nitrogens with one attached hydrogen (secondary N) is 1. The van der Waals surface area contributed by atoms with Crippen molar-refractivity contribution < 1.29 is 23.1 Å². The highest BCUT2D eigenvalue weighted by Gasteiger charge is 2.23. The maximum absolute atomic E-state index is 13.6. The Morgan fingerprint density at radius 2 is 2.08 bits per heavy atom. The second-order valence-electron chi connectivity index (χ2n) is 4.61. The summed E-state index contributed by atoms with van der Waals surface area (Å²) in [6, 6.07) is 2.81. The van der Waals surface area contributed by atoms with Crippen molar-refractivity contribution in [3.63, 3.8) is 0 Å². The normalized spacial score (nSPS) is 10.3. The van der Waals surface area contributed by atoms with Crippen LogP contribution in [0.25, 0.3) is 11.3 Å². The molecule has 0 unspecified atom stereocenters. The zero-order valence-corrected chi connectivity index (χ0v) is 12.8. The molecule has 7 nitrogen and oxygen atoms in total. The SMILES string of the molecule is CCc1nc(=O)n(C(=O)OC)c(-c2ccc(F)c(F)c2)c1NC=O. The van der Waals surface area contributed by atoms with Crippen LogP contribution in [0.5, 0.6) is 0 Å². The van der Waals surface area contributed by atoms with Crippen molar-refractivity contribution in [2.24, 2.45) is 0 Å². The second kappa shape index (κ2) is 6.99. The molecular formula is C15H13F2N3O4. The zero-order chi connectivity index (χ0) is 17.9. The Kier molecular flexibility index (Phi) is 5.02. The fourth-order valence-electron chi connectivity index (χ4n) is 2.21. The van der Waals surface area contributed by atoms with Crippen LogP contribution in [-0.4, -0.2) is 29.2 Å². The third kappa shape index (κ3) is 3.00. The quantitative estimate of drug-likeness (QED) is 0.861. The number of aryl methyl sites for hydroxylation is 1. The summed E-state index contributed by atoms with van der Waals surface area (Å²) < 4.78 is 31.9. The van der Waals surface area contributed by atoms with E-state index in [0.717, 1.165) is 19.2 Å². The van der Waals surface area contributed by atoms with Crippen LogP contribution < -0.4 is 11.0 Å². The fourth-order valence-corrected chi connectivity index (χ4v) is 2.21. The van der Waals surface area contributed by atoms with Crippen LogP contribution in [0.15, 0.2) is 23.0 Å². The Bertz CT molecular complexity index is 865. The summed E-state index contributed by atoms with van der Waals surface area (Å²) in [7, 11) is 1.05. The van der Waals surface area contributed by atoms with Gasteiger partial charge >= 0.3 is 11.8 Å². The van der Waals surface area contributed by atoms with E-state index in [4.69, 9.17) is 0 Å². The standard InChI is InChI=1S/C15H13F2N3O4/c1-3-11-12(18-7-21)13(8-4-5-9(16)10(17)6-8)20(14(22)19-11)15(23)24-2/h4-7H,3H2,1-2H3,(H,18,21). The minimum atomic E-state index is -1.18. The third-order valence-corrected chi connectivity index (χ3v) is 3.26. The number of methoxy groups -OCH3 is 1. The summed E-state index contributed by atoms with van der Waals surface area (Å²) in [6.45, 7) is 1.68. The number of benzene rings is 1. The number of carbonyl (C=O) groups is 2. The van der Waals surface area contributed by atoms with E-state index in [1.807, 2.05) is 0 Å². The number of anilines is 1. The van der Waals surface area contributed by atoms with Crippen LogP contribution >= 0.6 is 0 Å². The van der Waals surface area contributed by atoms with Gasteiger partial charge in [0.05, 0.1) is 24.2 Å². The molecule has 24 heavy (non-hydrogen) atoms. The number of aromatic nitrogens is 2. The van der Waals surface area contributed by atoms with Crippen molar-refractivity contribution in [2.45, 2.75) is 13.3 Å². The smallest absolute Gasteiger partial charge is 0.422 e. The van der Waals surface area contributed by atoms with Gasteiger partial charge in [-0.2, -0.15) is 9.55 Å². The van der Waals surface area contributed by atoms with E-state index in [1.165, 1.54) is 6.07 Å². The van der Waals surface area contributed by atoms with Gasteiger partial charge in [-0.3, -0.25) is 4.79 Å². The average Bonchev–Trinajstić information content (AvgIpc) is 2.57. The van der Waals surface area contributed by atoms with Gasteiger partial charge in [0, 0.05) is 5.56 Å². The van der Waals surface area contributed by atoms with Crippen LogP contribution in [0, 0.1) is 11.6 Å². The topological polar surface area (TPSA) is 90.3 Å². The molecule has 1 amide bonds. The minimum Gasteiger partial charge on any atom is -0.452 e. The Labute approximate surface area is 134 Å². The van der Waals surface area contributed by atoms with Gasteiger partial charge in [0.1, 0.15) is 0 Å². The number of hydrogen-bond acceptors (Lipinski definition) is 5. The maximum atomic E-state index is 13.6. The Hall–Kier alpha value is -3.10. The first-order chi connectivity index (χ1) is 11.4. The van der Waals surface area contributed by atoms with Crippen molar-refractivity contribution in [1.29, 1.82) is 0 Å². The van der Waals surface area contributed by atoms with Crippen molar-refractivity contribution in [2.75, 3.05) is 12.4 Å². The maximum Gasteiger partial charge on any atom is 0.422 e. The lowest BCUT2D eigenvalue weighted by atomic mass is 10.1. The number of amides is 1. The second-order valence-corrected chi connectivity index (χ2v) is 4.61. The molecule has 9 heteroatoms. The molecule has 1 aromatic carbocycles. The monoisotopic (exact) mass is 337 g/mol. The molecule has 0 aliphatic rings. The molecule has 1 N–H and O–H groups in total. The molecule has 2 rings (SSSR count). The van der Waals surface area contributed by atoms with E-state index < -0.39 is 23.4 Å². The van der Waals surface area contributed by atoms with Crippen molar-refractivity contribution in [3.8, 4) is 11.3 Å². The number of hydrogen-bond donors (Lipinski definition) is 1. The minimum absolute atomic E-state index is 0.00199. The summed E-state index contributed by atoms with van der Waals surface area (Å²) in [5.74, 6) is -2.27. The number of halogens is 2. The van der Waals surface area contributed by atoms with E-state index in [9.17, 15) is 23.2 Å². The molecule has 0 fully saturated rings. The predicted molar refractivity (Wildman–Crippen MR) is 80.7 cm³/mol. The first-order valence-corrected chi connectivity index (χ1v) is 6.84. The van der Waals surface area contributed by atoms with Crippen LogP contribution in [0.1, 0.15) is 12.6 Å². The Balaban J connectivity index is 2.93. The summed E-state index contributed by atoms with van der Waals surface area (Å²) in [6.07, 6.45) is -0.501. The van der Waals surface area contributed by atoms with Crippen molar-refractivity contribution in [1.82, 2.24) is 9.55 Å². The molecule has 0 spiro atoms. The molecule has 0 saturated heterocycles. The molecule has 0 aliphatic carbocycles. The van der Waals surface area contributed by atoms with Gasteiger partial charge in [0.25, 0.3) is 0 Å². The summed E-state index contributed by atoms with van der Waals surface area (Å²) in [4.78, 5) is 38.8. The van der Waals surface area contributed by atoms with Crippen LogP contribution in [-0.2, 0) is 16.0 Å². The molecule has 0 atom stereocenters. The van der Waals surface area contributed by atoms with Gasteiger partial charge < -0.3 is 10.1 Å². The molecule has 1 heterocycles. The highest BCUT2D eigenvalue weighted by atomic mass is 19.2. The van der Waals surface area contributed by atoms with E-state index in [0.29, 0.717) is 11.0 Å². The summed E-state index contributed by atoms with van der Waals surface area (Å²) in [5.41, 5.74) is -0.895. The zero-order valence-electron chi connectivity index (χ0n) is 12.8. The molecule has 0 aliphatic heterocycles. The average molecular weight is 337 g/mol. The molecule has 0 bridgehead atoms. The van der Waals surface area contributed by atoms with E-state index in [-0.39, 0.29) is 29.1 Å². The predicted octanol–water partition coefficient (Wildman–Crippen LogP) is 1.93. The first-order valence-electron chi connectivity index (χ1n) is 6.84. The number of rotatable bonds is 4. The molecule has 1 aromatic heterocycles. The summed E-state index contributed by atoms with van der Waals surface area (Å²) in [5, 5.41) is 2.35. The van der Waals surface area contributed by atoms with E-state index in [2.05, 4.69) is 15.0 Å². The van der Waals surface area contributed by atoms with Gasteiger partial charge in [0.15, 0.2) is 11.6 Å². The molecule has 0 radical (unpaired) electrons. The van der Waals surface area contributed by atoms with Gasteiger partial charge in [-0.15, -0.1) is 0 Å². The van der Waals surface area contributed by atoms with Crippen molar-refractivity contribution in [3.05, 3.63) is 46.0 Å². The van der Waals surface area contributed by atoms with Crippen LogP contribution in [0.2, 0.25) is 0 Å². The summed E-state index contributed by atoms with van der Waals surface area (Å²) >= 11 is 0. The molecule has 0 saturated carbocycles. The Morgan fingerprint density at radius 3 is 2.62 bits per heavy atom. The molecule has 2 aromatic rings. The number of nitrogens with zero attached hydrogens (tertiary/aromatic N) is 2. The molecular weight excluding hydrogens is 324 g/mol. The number of ether oxygens (including phenoxy) is 1. The third-order valence-electron chi connectivity index (χ3n) is 3.26.